The number of amidine groups is 1. The van der Waals surface area contributed by atoms with Gasteiger partial charge in [0.15, 0.2) is 0 Å². The second-order valence-corrected chi connectivity index (χ2v) is 5.92. The van der Waals surface area contributed by atoms with Crippen molar-refractivity contribution in [2.45, 2.75) is 6.42 Å². The highest BCUT2D eigenvalue weighted by molar-refractivity contribution is 5.99. The van der Waals surface area contributed by atoms with Crippen molar-refractivity contribution < 1.29 is 0 Å². The standard InChI is InChI=1S/C21H20N4/c1-14(16-6-8-20(9-7-16)25-13-22)10-15-2-3-18-12-19(21(23)24)5-4-17(18)11-15/h2-9,11-13H,1,10H2,(H2,22,25)(H3,23,24). The lowest BCUT2D eigenvalue weighted by atomic mass is 9.97. The van der Waals surface area contributed by atoms with E-state index in [1.165, 1.54) is 11.9 Å². The average molecular weight is 328 g/mol. The summed E-state index contributed by atoms with van der Waals surface area (Å²) in [6, 6.07) is 20.0. The lowest BCUT2D eigenvalue weighted by Crippen LogP contribution is -2.10. The van der Waals surface area contributed by atoms with Crippen molar-refractivity contribution in [2.24, 2.45) is 16.5 Å². The van der Waals surface area contributed by atoms with Gasteiger partial charge in [0.25, 0.3) is 0 Å². The monoisotopic (exact) mass is 328 g/mol. The summed E-state index contributed by atoms with van der Waals surface area (Å²) in [6.45, 7) is 4.21. The van der Waals surface area contributed by atoms with E-state index < -0.39 is 0 Å². The number of hydrogen-bond acceptors (Lipinski definition) is 2. The van der Waals surface area contributed by atoms with Gasteiger partial charge in [0, 0.05) is 5.56 Å². The molecule has 0 saturated carbocycles. The number of nitrogen functional groups attached to an aromatic ring is 1. The van der Waals surface area contributed by atoms with Gasteiger partial charge in [0.2, 0.25) is 0 Å². The summed E-state index contributed by atoms with van der Waals surface area (Å²) >= 11 is 0. The molecule has 3 aromatic rings. The van der Waals surface area contributed by atoms with Gasteiger partial charge in [-0.1, -0.05) is 49.0 Å². The molecule has 0 amide bonds. The number of allylic oxidation sites excluding steroid dienone is 1. The third-order valence-electron chi connectivity index (χ3n) is 4.13. The number of hydrogen-bond donors (Lipinski definition) is 3. The first-order valence-electron chi connectivity index (χ1n) is 7.96. The molecule has 0 fully saturated rings. The van der Waals surface area contributed by atoms with Crippen LogP contribution in [-0.4, -0.2) is 12.2 Å². The van der Waals surface area contributed by atoms with Gasteiger partial charge in [-0.15, -0.1) is 0 Å². The van der Waals surface area contributed by atoms with Crippen molar-refractivity contribution in [3.05, 3.63) is 83.9 Å². The Morgan fingerprint density at radius 3 is 2.28 bits per heavy atom. The van der Waals surface area contributed by atoms with Gasteiger partial charge in [-0.25, -0.2) is 4.99 Å². The molecule has 124 valence electrons. The van der Waals surface area contributed by atoms with Gasteiger partial charge in [0.05, 0.1) is 12.0 Å². The number of rotatable bonds is 5. The SMILES string of the molecule is C=C(Cc1ccc2cc(C(=N)N)ccc2c1)c1ccc(/N=C/N)cc1. The maximum Gasteiger partial charge on any atom is 0.122 e. The summed E-state index contributed by atoms with van der Waals surface area (Å²) in [5.41, 5.74) is 15.7. The molecular formula is C21H20N4. The Balaban J connectivity index is 1.81. The molecule has 5 N–H and O–H groups in total. The second kappa shape index (κ2) is 7.01. The molecule has 0 unspecified atom stereocenters. The summed E-state index contributed by atoms with van der Waals surface area (Å²) in [7, 11) is 0. The molecule has 0 aliphatic carbocycles. The normalized spacial score (nSPS) is 11.0. The summed E-state index contributed by atoms with van der Waals surface area (Å²) in [5, 5.41) is 9.74. The molecule has 0 heterocycles. The smallest absolute Gasteiger partial charge is 0.122 e. The largest absolute Gasteiger partial charge is 0.390 e. The van der Waals surface area contributed by atoms with E-state index in [1.807, 2.05) is 42.5 Å². The van der Waals surface area contributed by atoms with Gasteiger partial charge < -0.3 is 11.5 Å². The minimum absolute atomic E-state index is 0.0850. The fourth-order valence-electron chi connectivity index (χ4n) is 2.79. The van der Waals surface area contributed by atoms with E-state index in [0.717, 1.165) is 39.6 Å². The number of benzene rings is 3. The fraction of sp³-hybridized carbons (Fsp3) is 0.0476. The van der Waals surface area contributed by atoms with Crippen LogP contribution in [0.5, 0.6) is 0 Å². The Morgan fingerprint density at radius 1 is 0.960 bits per heavy atom. The molecule has 0 bridgehead atoms. The Labute approximate surface area is 147 Å². The molecule has 25 heavy (non-hydrogen) atoms. The molecule has 0 saturated heterocycles. The first-order valence-corrected chi connectivity index (χ1v) is 7.96. The number of aliphatic imine (C=N–C) groups is 1. The van der Waals surface area contributed by atoms with Gasteiger partial charge in [-0.3, -0.25) is 5.41 Å². The predicted molar refractivity (Wildman–Crippen MR) is 106 cm³/mol. The number of nitrogens with two attached hydrogens (primary N) is 2. The molecule has 4 heteroatoms. The molecule has 3 rings (SSSR count). The van der Waals surface area contributed by atoms with Gasteiger partial charge in [-0.05, 0) is 52.1 Å². The average Bonchev–Trinajstić information content (AvgIpc) is 2.62. The van der Waals surface area contributed by atoms with Crippen LogP contribution in [0.25, 0.3) is 16.3 Å². The Kier molecular flexibility index (Phi) is 4.61. The summed E-state index contributed by atoms with van der Waals surface area (Å²) in [6.07, 6.45) is 2.06. The van der Waals surface area contributed by atoms with E-state index in [1.54, 1.807) is 0 Å². The van der Waals surface area contributed by atoms with Crippen molar-refractivity contribution in [3.8, 4) is 0 Å². The van der Waals surface area contributed by atoms with Crippen molar-refractivity contribution in [1.82, 2.24) is 0 Å². The number of nitrogens with zero attached hydrogens (tertiary/aromatic N) is 1. The Hall–Kier alpha value is -3.40. The van der Waals surface area contributed by atoms with E-state index in [0.29, 0.717) is 0 Å². The Bertz CT molecular complexity index is 969. The highest BCUT2D eigenvalue weighted by Crippen LogP contribution is 2.24. The highest BCUT2D eigenvalue weighted by atomic mass is 14.8. The minimum Gasteiger partial charge on any atom is -0.390 e. The van der Waals surface area contributed by atoms with Crippen molar-refractivity contribution in [2.75, 3.05) is 0 Å². The van der Waals surface area contributed by atoms with Crippen LogP contribution in [0.3, 0.4) is 0 Å². The zero-order valence-corrected chi connectivity index (χ0v) is 13.9. The van der Waals surface area contributed by atoms with Crippen molar-refractivity contribution in [3.63, 3.8) is 0 Å². The molecule has 4 nitrogen and oxygen atoms in total. The quantitative estimate of drug-likeness (QED) is 0.488. The van der Waals surface area contributed by atoms with E-state index in [2.05, 4.69) is 29.8 Å². The molecule has 0 aromatic heterocycles. The predicted octanol–water partition coefficient (Wildman–Crippen LogP) is 4.00. The third kappa shape index (κ3) is 3.75. The molecule has 0 aliphatic rings. The molecule has 0 aliphatic heterocycles. The van der Waals surface area contributed by atoms with Crippen molar-refractivity contribution >= 4 is 34.2 Å². The zero-order valence-electron chi connectivity index (χ0n) is 13.9. The zero-order chi connectivity index (χ0) is 17.8. The lowest BCUT2D eigenvalue weighted by Gasteiger charge is -2.09. The number of nitrogens with one attached hydrogen (secondary N) is 1. The first-order chi connectivity index (χ1) is 12.1. The van der Waals surface area contributed by atoms with Crippen LogP contribution in [0.1, 0.15) is 16.7 Å². The van der Waals surface area contributed by atoms with Gasteiger partial charge >= 0.3 is 0 Å². The van der Waals surface area contributed by atoms with Crippen LogP contribution < -0.4 is 11.5 Å². The topological polar surface area (TPSA) is 88.2 Å². The summed E-state index contributed by atoms with van der Waals surface area (Å²) in [4.78, 5) is 4.04. The first kappa shape index (κ1) is 16.5. The van der Waals surface area contributed by atoms with Crippen LogP contribution in [0.4, 0.5) is 5.69 Å². The maximum absolute atomic E-state index is 7.53. The van der Waals surface area contributed by atoms with Crippen LogP contribution in [0.15, 0.2) is 72.2 Å². The van der Waals surface area contributed by atoms with E-state index in [9.17, 15) is 0 Å². The molecule has 3 aromatic carbocycles. The maximum atomic E-state index is 7.53. The van der Waals surface area contributed by atoms with Crippen molar-refractivity contribution in [1.29, 1.82) is 5.41 Å². The van der Waals surface area contributed by atoms with Crippen LogP contribution in [0.2, 0.25) is 0 Å². The number of fused-ring (bicyclic) bond motifs is 1. The molecule has 0 spiro atoms. The highest BCUT2D eigenvalue weighted by Gasteiger charge is 2.04. The van der Waals surface area contributed by atoms with Gasteiger partial charge in [0.1, 0.15) is 5.84 Å². The van der Waals surface area contributed by atoms with Crippen LogP contribution in [0, 0.1) is 5.41 Å². The lowest BCUT2D eigenvalue weighted by molar-refractivity contribution is 1.30. The van der Waals surface area contributed by atoms with E-state index >= 15 is 0 Å². The summed E-state index contributed by atoms with van der Waals surface area (Å²) < 4.78 is 0. The molecular weight excluding hydrogens is 308 g/mol. The van der Waals surface area contributed by atoms with E-state index in [4.69, 9.17) is 16.9 Å². The second-order valence-electron chi connectivity index (χ2n) is 5.92. The summed E-state index contributed by atoms with van der Waals surface area (Å²) in [5.74, 6) is 0.0850. The van der Waals surface area contributed by atoms with Crippen LogP contribution in [-0.2, 0) is 6.42 Å². The van der Waals surface area contributed by atoms with Gasteiger partial charge in [-0.2, -0.15) is 0 Å². The van der Waals surface area contributed by atoms with Crippen LogP contribution >= 0.6 is 0 Å². The molecule has 0 atom stereocenters. The molecule has 0 radical (unpaired) electrons. The third-order valence-corrected chi connectivity index (χ3v) is 4.13. The van der Waals surface area contributed by atoms with E-state index in [-0.39, 0.29) is 5.84 Å². The minimum atomic E-state index is 0.0850. The fourth-order valence-corrected chi connectivity index (χ4v) is 2.79. The Morgan fingerprint density at radius 2 is 1.60 bits per heavy atom.